The minimum absolute atomic E-state index is 0.143. The van der Waals surface area contributed by atoms with Crippen LogP contribution in [0.25, 0.3) is 0 Å². The fourth-order valence-corrected chi connectivity index (χ4v) is 4.44. The monoisotopic (exact) mass is 319 g/mol. The van der Waals surface area contributed by atoms with Crippen LogP contribution in [0.5, 0.6) is 0 Å². The van der Waals surface area contributed by atoms with E-state index >= 15 is 0 Å². The summed E-state index contributed by atoms with van der Waals surface area (Å²) in [7, 11) is 0. The van der Waals surface area contributed by atoms with Gasteiger partial charge in [0.05, 0.1) is 0 Å². The van der Waals surface area contributed by atoms with E-state index in [1.807, 2.05) is 51.1 Å². The first-order chi connectivity index (χ1) is 10.5. The molecule has 4 heteroatoms. The maximum Gasteiger partial charge on any atom is 0.164 e. The summed E-state index contributed by atoms with van der Waals surface area (Å²) in [5.74, 6) is -0.606. The zero-order chi connectivity index (χ0) is 17.0. The van der Waals surface area contributed by atoms with Gasteiger partial charge in [-0.2, -0.15) is 0 Å². The molecule has 0 spiro atoms. The molecule has 1 aromatic rings. The second kappa shape index (κ2) is 5.28. The van der Waals surface area contributed by atoms with Crippen LogP contribution in [-0.4, -0.2) is 34.7 Å². The number of hydrogen-bond acceptors (Lipinski definition) is 3. The van der Waals surface area contributed by atoms with Gasteiger partial charge in [-0.25, -0.2) is 0 Å². The summed E-state index contributed by atoms with van der Waals surface area (Å²) in [6.07, 6.45) is -0.295. The molecule has 3 rings (SSSR count). The molecule has 2 saturated heterocycles. The van der Waals surface area contributed by atoms with Crippen LogP contribution in [0.1, 0.15) is 47.1 Å². The Kier molecular flexibility index (Phi) is 3.88. The van der Waals surface area contributed by atoms with Crippen molar-refractivity contribution in [3.8, 4) is 0 Å². The second-order valence-electron chi connectivity index (χ2n) is 8.61. The van der Waals surface area contributed by atoms with Gasteiger partial charge in [-0.1, -0.05) is 51.1 Å². The molecule has 0 N–H and O–H groups in total. The summed E-state index contributed by atoms with van der Waals surface area (Å²) in [6.45, 7) is 12.8. The van der Waals surface area contributed by atoms with E-state index in [1.54, 1.807) is 0 Å². The minimum atomic E-state index is -0.606. The highest BCUT2D eigenvalue weighted by Crippen LogP contribution is 2.50. The molecule has 5 atom stereocenters. The van der Waals surface area contributed by atoms with E-state index in [4.69, 9.17) is 9.47 Å². The minimum Gasteiger partial charge on any atom is -0.632 e. The molecular weight excluding hydrogens is 290 g/mol. The molecule has 0 saturated carbocycles. The van der Waals surface area contributed by atoms with Gasteiger partial charge >= 0.3 is 0 Å². The normalized spacial score (nSPS) is 39.4. The van der Waals surface area contributed by atoms with Gasteiger partial charge in [-0.3, -0.25) is 0 Å². The molecule has 23 heavy (non-hydrogen) atoms. The standard InChI is InChI=1S/C19H29NO3/c1-13-15-16(23-19(5,6)22-15)17(18(2,3)4)20(13,21)12-14-10-8-7-9-11-14/h7-11,13,15-17H,12H2,1-6H3/t13-,15-,16-,17+,20?/m1/s1. The van der Waals surface area contributed by atoms with Gasteiger partial charge in [0.2, 0.25) is 0 Å². The van der Waals surface area contributed by atoms with Crippen LogP contribution in [0.3, 0.4) is 0 Å². The highest BCUT2D eigenvalue weighted by atomic mass is 16.8. The zero-order valence-corrected chi connectivity index (χ0v) is 15.1. The maximum absolute atomic E-state index is 14.0. The Bertz CT molecular complexity index is 566. The molecule has 4 nitrogen and oxygen atoms in total. The molecular formula is C19H29NO3. The summed E-state index contributed by atoms with van der Waals surface area (Å²) >= 11 is 0. The average Bonchev–Trinajstić information content (AvgIpc) is 2.81. The Morgan fingerprint density at radius 3 is 2.22 bits per heavy atom. The lowest BCUT2D eigenvalue weighted by atomic mass is 9.83. The fraction of sp³-hybridized carbons (Fsp3) is 0.684. The topological polar surface area (TPSA) is 41.5 Å². The SMILES string of the molecule is C[C@@H]1[C@H]2OC(C)(C)O[C@H]2[C@@H](C(C)(C)C)[N+]1([O-])Cc1ccccc1. The number of ether oxygens (including phenoxy) is 2. The van der Waals surface area contributed by atoms with E-state index in [0.717, 1.165) is 5.56 Å². The van der Waals surface area contributed by atoms with Crippen molar-refractivity contribution in [1.29, 1.82) is 0 Å². The van der Waals surface area contributed by atoms with Gasteiger partial charge in [0.15, 0.2) is 5.79 Å². The van der Waals surface area contributed by atoms with Crippen molar-refractivity contribution in [2.45, 2.75) is 78.2 Å². The first kappa shape index (κ1) is 16.9. The number of hydroxylamine groups is 3. The first-order valence-electron chi connectivity index (χ1n) is 8.53. The third-order valence-electron chi connectivity index (χ3n) is 5.27. The molecule has 2 heterocycles. The summed E-state index contributed by atoms with van der Waals surface area (Å²) < 4.78 is 12.0. The lowest BCUT2D eigenvalue weighted by molar-refractivity contribution is -0.937. The Morgan fingerprint density at radius 2 is 1.65 bits per heavy atom. The van der Waals surface area contributed by atoms with Gasteiger partial charge in [0.1, 0.15) is 30.8 Å². The molecule has 0 radical (unpaired) electrons. The van der Waals surface area contributed by atoms with Crippen LogP contribution >= 0.6 is 0 Å². The van der Waals surface area contributed by atoms with E-state index in [0.29, 0.717) is 6.54 Å². The number of nitrogens with zero attached hydrogens (tertiary/aromatic N) is 1. The molecule has 2 fully saturated rings. The van der Waals surface area contributed by atoms with Gasteiger partial charge in [0, 0.05) is 11.0 Å². The lowest BCUT2D eigenvalue weighted by Gasteiger charge is -2.53. The van der Waals surface area contributed by atoms with Gasteiger partial charge in [-0.05, 0) is 20.8 Å². The number of hydrogen-bond donors (Lipinski definition) is 0. The predicted molar refractivity (Wildman–Crippen MR) is 90.3 cm³/mol. The predicted octanol–water partition coefficient (Wildman–Crippen LogP) is 3.84. The average molecular weight is 319 g/mol. The molecule has 0 amide bonds. The van der Waals surface area contributed by atoms with Crippen LogP contribution in [-0.2, 0) is 16.0 Å². The molecule has 0 bridgehead atoms. The fourth-order valence-electron chi connectivity index (χ4n) is 4.44. The highest BCUT2D eigenvalue weighted by Gasteiger charge is 2.65. The van der Waals surface area contributed by atoms with E-state index in [9.17, 15) is 5.21 Å². The molecule has 128 valence electrons. The van der Waals surface area contributed by atoms with Gasteiger partial charge < -0.3 is 19.3 Å². The van der Waals surface area contributed by atoms with Crippen LogP contribution < -0.4 is 0 Å². The zero-order valence-electron chi connectivity index (χ0n) is 15.1. The first-order valence-corrected chi connectivity index (χ1v) is 8.53. The molecule has 0 aliphatic carbocycles. The Morgan fingerprint density at radius 1 is 1.09 bits per heavy atom. The van der Waals surface area contributed by atoms with Crippen molar-refractivity contribution in [3.05, 3.63) is 41.1 Å². The Labute approximate surface area is 139 Å². The second-order valence-corrected chi connectivity index (χ2v) is 8.61. The van der Waals surface area contributed by atoms with E-state index < -0.39 is 5.79 Å². The van der Waals surface area contributed by atoms with Crippen molar-refractivity contribution < 1.29 is 14.1 Å². The van der Waals surface area contributed by atoms with Crippen LogP contribution in [0, 0.1) is 10.6 Å². The molecule has 1 aromatic carbocycles. The molecule has 2 aliphatic rings. The number of fused-ring (bicyclic) bond motifs is 1. The van der Waals surface area contributed by atoms with Crippen molar-refractivity contribution in [3.63, 3.8) is 0 Å². The number of quaternary nitrogens is 1. The molecule has 0 aromatic heterocycles. The Hall–Kier alpha value is -0.940. The Balaban J connectivity index is 1.98. The van der Waals surface area contributed by atoms with E-state index in [-0.39, 0.29) is 34.4 Å². The van der Waals surface area contributed by atoms with Crippen LogP contribution in [0.4, 0.5) is 0 Å². The van der Waals surface area contributed by atoms with E-state index in [2.05, 4.69) is 20.8 Å². The third-order valence-corrected chi connectivity index (χ3v) is 5.27. The third kappa shape index (κ3) is 2.82. The van der Waals surface area contributed by atoms with Crippen molar-refractivity contribution in [1.82, 2.24) is 0 Å². The van der Waals surface area contributed by atoms with Crippen molar-refractivity contribution in [2.75, 3.05) is 0 Å². The summed E-state index contributed by atoms with van der Waals surface area (Å²) in [5.41, 5.74) is 0.913. The van der Waals surface area contributed by atoms with E-state index in [1.165, 1.54) is 0 Å². The summed E-state index contributed by atoms with van der Waals surface area (Å²) in [4.78, 5) is 0. The summed E-state index contributed by atoms with van der Waals surface area (Å²) in [6, 6.07) is 9.73. The summed E-state index contributed by atoms with van der Waals surface area (Å²) in [5, 5.41) is 14.0. The van der Waals surface area contributed by atoms with Gasteiger partial charge in [-0.15, -0.1) is 0 Å². The highest BCUT2D eigenvalue weighted by molar-refractivity contribution is 5.14. The number of rotatable bonds is 2. The largest absolute Gasteiger partial charge is 0.632 e. The van der Waals surface area contributed by atoms with Crippen LogP contribution in [0.2, 0.25) is 0 Å². The van der Waals surface area contributed by atoms with Crippen molar-refractivity contribution in [2.24, 2.45) is 5.41 Å². The van der Waals surface area contributed by atoms with Crippen molar-refractivity contribution >= 4 is 0 Å². The quantitative estimate of drug-likeness (QED) is 0.614. The smallest absolute Gasteiger partial charge is 0.164 e. The lowest BCUT2D eigenvalue weighted by Crippen LogP contribution is -2.58. The number of benzene rings is 1. The van der Waals surface area contributed by atoms with Gasteiger partial charge in [0.25, 0.3) is 0 Å². The maximum atomic E-state index is 14.0. The van der Waals surface area contributed by atoms with Crippen LogP contribution in [0.15, 0.2) is 30.3 Å². The number of likely N-dealkylation sites (tertiary alicyclic amines) is 1. The molecule has 1 unspecified atom stereocenters. The molecule has 2 aliphatic heterocycles.